The maximum Gasteiger partial charge on any atom is 0.573 e. The molecule has 1 aliphatic heterocycles. The van der Waals surface area contributed by atoms with Gasteiger partial charge in [0, 0.05) is 11.8 Å². The summed E-state index contributed by atoms with van der Waals surface area (Å²) in [7, 11) is 0. The fourth-order valence-electron chi connectivity index (χ4n) is 3.16. The number of carbonyl (C=O) groups excluding carboxylic acids is 2. The van der Waals surface area contributed by atoms with Crippen molar-refractivity contribution in [2.75, 3.05) is 4.90 Å². The molecule has 0 spiro atoms. The number of imide groups is 1. The number of hydrogen-bond donors (Lipinski definition) is 1. The average Bonchev–Trinajstić information content (AvgIpc) is 3.32. The van der Waals surface area contributed by atoms with Crippen molar-refractivity contribution in [1.29, 1.82) is 0 Å². The van der Waals surface area contributed by atoms with Crippen molar-refractivity contribution in [3.63, 3.8) is 0 Å². The first-order valence-corrected chi connectivity index (χ1v) is 8.92. The van der Waals surface area contributed by atoms with Crippen molar-refractivity contribution in [3.05, 3.63) is 48.2 Å². The third kappa shape index (κ3) is 4.01. The largest absolute Gasteiger partial charge is 0.573 e. The van der Waals surface area contributed by atoms with Crippen molar-refractivity contribution in [3.8, 4) is 17.3 Å². The average molecular weight is 433 g/mol. The molecule has 160 valence electrons. The van der Waals surface area contributed by atoms with Gasteiger partial charge in [-0.25, -0.2) is 9.69 Å². The SMILES string of the molecule is CC1C(=O)N(c2ccc(OC(F)(F)F)cc2)C(=O)N1Cc1cccnc1-c1nn[nH]n1. The number of benzene rings is 1. The molecular formula is C18H14F3N7O3. The zero-order chi connectivity index (χ0) is 22.2. The minimum atomic E-state index is -4.84. The van der Waals surface area contributed by atoms with Gasteiger partial charge in [-0.05, 0) is 42.5 Å². The fraction of sp³-hybridized carbons (Fsp3) is 0.222. The number of rotatable bonds is 5. The van der Waals surface area contributed by atoms with Gasteiger partial charge in [-0.15, -0.1) is 23.4 Å². The Bertz CT molecular complexity index is 1100. The summed E-state index contributed by atoms with van der Waals surface area (Å²) in [6.07, 6.45) is -3.31. The lowest BCUT2D eigenvalue weighted by atomic mass is 10.1. The number of pyridine rings is 1. The number of nitrogens with one attached hydrogen (secondary N) is 1. The zero-order valence-electron chi connectivity index (χ0n) is 15.9. The van der Waals surface area contributed by atoms with Gasteiger partial charge in [0.2, 0.25) is 5.82 Å². The Kier molecular flexibility index (Phi) is 5.01. The summed E-state index contributed by atoms with van der Waals surface area (Å²) < 4.78 is 40.8. The minimum Gasteiger partial charge on any atom is -0.406 e. The number of aromatic amines is 1. The Balaban J connectivity index is 1.58. The van der Waals surface area contributed by atoms with Gasteiger partial charge >= 0.3 is 12.4 Å². The van der Waals surface area contributed by atoms with Crippen LogP contribution < -0.4 is 9.64 Å². The summed E-state index contributed by atoms with van der Waals surface area (Å²) >= 11 is 0. The molecule has 0 radical (unpaired) electrons. The molecule has 1 N–H and O–H groups in total. The van der Waals surface area contributed by atoms with Crippen LogP contribution in [0.5, 0.6) is 5.75 Å². The van der Waals surface area contributed by atoms with E-state index in [1.54, 1.807) is 19.1 Å². The second-order valence-corrected chi connectivity index (χ2v) is 6.55. The van der Waals surface area contributed by atoms with Crippen LogP contribution in [-0.2, 0) is 11.3 Å². The topological polar surface area (TPSA) is 117 Å². The number of alkyl halides is 3. The lowest BCUT2D eigenvalue weighted by Crippen LogP contribution is -2.33. The van der Waals surface area contributed by atoms with E-state index < -0.39 is 30.1 Å². The maximum absolute atomic E-state index is 13.0. The number of hydrogen-bond acceptors (Lipinski definition) is 7. The fourth-order valence-corrected chi connectivity index (χ4v) is 3.16. The van der Waals surface area contributed by atoms with Gasteiger partial charge in [0.15, 0.2) is 0 Å². The van der Waals surface area contributed by atoms with Crippen LogP contribution in [0.15, 0.2) is 42.6 Å². The smallest absolute Gasteiger partial charge is 0.406 e. The molecule has 10 nitrogen and oxygen atoms in total. The van der Waals surface area contributed by atoms with E-state index in [1.165, 1.54) is 23.2 Å². The molecule has 3 amide bonds. The number of urea groups is 1. The van der Waals surface area contributed by atoms with E-state index in [2.05, 4.69) is 30.3 Å². The highest BCUT2D eigenvalue weighted by Gasteiger charge is 2.43. The molecule has 31 heavy (non-hydrogen) atoms. The Hall–Kier alpha value is -4.03. The van der Waals surface area contributed by atoms with Crippen molar-refractivity contribution in [2.24, 2.45) is 0 Å². The number of carbonyl (C=O) groups is 2. The molecule has 3 aromatic rings. The monoisotopic (exact) mass is 433 g/mol. The van der Waals surface area contributed by atoms with E-state index in [1.807, 2.05) is 0 Å². The molecule has 4 rings (SSSR count). The molecule has 0 saturated carbocycles. The minimum absolute atomic E-state index is 0.0369. The number of aromatic nitrogens is 5. The molecule has 0 bridgehead atoms. The second-order valence-electron chi connectivity index (χ2n) is 6.55. The third-order valence-corrected chi connectivity index (χ3v) is 4.60. The van der Waals surface area contributed by atoms with E-state index in [4.69, 9.17) is 0 Å². The zero-order valence-corrected chi connectivity index (χ0v) is 15.9. The number of amides is 3. The first-order chi connectivity index (χ1) is 14.7. The Labute approximate surface area is 172 Å². The van der Waals surface area contributed by atoms with Crippen LogP contribution in [0.4, 0.5) is 23.7 Å². The number of tetrazole rings is 1. The Morgan fingerprint density at radius 2 is 1.90 bits per heavy atom. The highest BCUT2D eigenvalue weighted by Crippen LogP contribution is 2.30. The highest BCUT2D eigenvalue weighted by atomic mass is 19.4. The number of nitrogens with zero attached hydrogens (tertiary/aromatic N) is 6. The van der Waals surface area contributed by atoms with E-state index in [9.17, 15) is 22.8 Å². The van der Waals surface area contributed by atoms with Gasteiger partial charge in [-0.1, -0.05) is 6.07 Å². The van der Waals surface area contributed by atoms with Gasteiger partial charge in [-0.3, -0.25) is 9.78 Å². The van der Waals surface area contributed by atoms with Crippen LogP contribution in [0.1, 0.15) is 12.5 Å². The standard InChI is InChI=1S/C18H14F3N7O3/c1-10-16(29)28(12-4-6-13(7-5-12)31-18(19,20)21)17(30)27(10)9-11-3-2-8-22-14(11)15-23-25-26-24-15/h2-8,10H,9H2,1H3,(H,23,24,25,26). The number of H-pyrrole nitrogens is 1. The summed E-state index contributed by atoms with van der Waals surface area (Å²) in [6, 6.07) is 6.45. The van der Waals surface area contributed by atoms with Crippen molar-refractivity contribution >= 4 is 17.6 Å². The van der Waals surface area contributed by atoms with Gasteiger partial charge in [-0.2, -0.15) is 5.21 Å². The first kappa shape index (κ1) is 20.3. The molecule has 1 aromatic carbocycles. The van der Waals surface area contributed by atoms with Crippen LogP contribution >= 0.6 is 0 Å². The molecule has 13 heteroatoms. The van der Waals surface area contributed by atoms with Crippen LogP contribution in [0.2, 0.25) is 0 Å². The maximum atomic E-state index is 13.0. The third-order valence-electron chi connectivity index (χ3n) is 4.60. The highest BCUT2D eigenvalue weighted by molar-refractivity contribution is 6.21. The predicted octanol–water partition coefficient (Wildman–Crippen LogP) is 2.52. The van der Waals surface area contributed by atoms with E-state index in [-0.39, 0.29) is 18.1 Å². The predicted molar refractivity (Wildman–Crippen MR) is 98.4 cm³/mol. The lowest BCUT2D eigenvalue weighted by Gasteiger charge is -2.20. The van der Waals surface area contributed by atoms with Gasteiger partial charge in [0.05, 0.1) is 12.2 Å². The molecule has 1 aliphatic rings. The molecule has 0 aliphatic carbocycles. The number of anilines is 1. The molecule has 1 atom stereocenters. The van der Waals surface area contributed by atoms with E-state index >= 15 is 0 Å². The quantitative estimate of drug-likeness (QED) is 0.615. The van der Waals surface area contributed by atoms with Gasteiger partial charge in [0.1, 0.15) is 17.5 Å². The van der Waals surface area contributed by atoms with Crippen molar-refractivity contribution in [2.45, 2.75) is 25.9 Å². The van der Waals surface area contributed by atoms with E-state index in [0.29, 0.717) is 11.3 Å². The molecule has 2 aromatic heterocycles. The van der Waals surface area contributed by atoms with Crippen LogP contribution in [0.3, 0.4) is 0 Å². The summed E-state index contributed by atoms with van der Waals surface area (Å²) in [4.78, 5) is 32.2. The first-order valence-electron chi connectivity index (χ1n) is 8.92. The summed E-state index contributed by atoms with van der Waals surface area (Å²) in [5.74, 6) is -0.738. The molecule has 1 unspecified atom stereocenters. The van der Waals surface area contributed by atoms with Crippen LogP contribution in [-0.4, -0.2) is 54.9 Å². The molecule has 1 fully saturated rings. The van der Waals surface area contributed by atoms with Crippen molar-refractivity contribution in [1.82, 2.24) is 30.5 Å². The summed E-state index contributed by atoms with van der Waals surface area (Å²) in [5.41, 5.74) is 1.12. The summed E-state index contributed by atoms with van der Waals surface area (Å²) in [6.45, 7) is 1.60. The second kappa shape index (κ2) is 7.66. The van der Waals surface area contributed by atoms with E-state index in [0.717, 1.165) is 17.0 Å². The number of ether oxygens (including phenoxy) is 1. The molecule has 1 saturated heterocycles. The normalized spacial score (nSPS) is 16.8. The van der Waals surface area contributed by atoms with Crippen molar-refractivity contribution < 1.29 is 27.5 Å². The summed E-state index contributed by atoms with van der Waals surface area (Å²) in [5, 5.41) is 13.6. The molecule has 3 heterocycles. The number of halogens is 3. The molecular weight excluding hydrogens is 419 g/mol. The van der Waals surface area contributed by atoms with Crippen LogP contribution in [0.25, 0.3) is 11.5 Å². The van der Waals surface area contributed by atoms with Crippen LogP contribution in [0, 0.1) is 0 Å². The van der Waals surface area contributed by atoms with Gasteiger partial charge in [0.25, 0.3) is 5.91 Å². The Morgan fingerprint density at radius 3 is 2.55 bits per heavy atom. The van der Waals surface area contributed by atoms with Gasteiger partial charge < -0.3 is 9.64 Å². The Morgan fingerprint density at radius 1 is 1.16 bits per heavy atom. The lowest BCUT2D eigenvalue weighted by molar-refractivity contribution is -0.274.